The maximum atomic E-state index is 12.1. The molecule has 1 aliphatic rings. The molecule has 108 valence electrons. The van der Waals surface area contributed by atoms with Crippen molar-refractivity contribution in [3.63, 3.8) is 0 Å². The fourth-order valence-electron chi connectivity index (χ4n) is 1.76. The summed E-state index contributed by atoms with van der Waals surface area (Å²) in [7, 11) is 0. The summed E-state index contributed by atoms with van der Waals surface area (Å²) in [5.41, 5.74) is -0.939. The van der Waals surface area contributed by atoms with Crippen LogP contribution in [0.5, 0.6) is 0 Å². The Kier molecular flexibility index (Phi) is 3.63. The lowest BCUT2D eigenvalue weighted by Crippen LogP contribution is -2.44. The van der Waals surface area contributed by atoms with Crippen LogP contribution in [-0.2, 0) is 16.1 Å². The van der Waals surface area contributed by atoms with Crippen LogP contribution in [0.25, 0.3) is 0 Å². The third kappa shape index (κ3) is 2.58. The van der Waals surface area contributed by atoms with Gasteiger partial charge in [-0.25, -0.2) is 4.79 Å². The first kappa shape index (κ1) is 13.9. The number of rotatable bonds is 5. The SMILES string of the molecule is CCC1(C)NC(=O)N(CC(=O)NCc2nn[nH]n2)C1=O. The Bertz CT molecular complexity index is 529. The smallest absolute Gasteiger partial charge is 0.325 e. The molecule has 3 N–H and O–H groups in total. The zero-order valence-electron chi connectivity index (χ0n) is 11.1. The number of tetrazole rings is 1. The molecule has 20 heavy (non-hydrogen) atoms. The number of aromatic nitrogens is 4. The normalized spacial score (nSPS) is 22.0. The average Bonchev–Trinajstić information content (AvgIpc) is 3.00. The maximum absolute atomic E-state index is 12.1. The van der Waals surface area contributed by atoms with Gasteiger partial charge in [-0.05, 0) is 13.3 Å². The van der Waals surface area contributed by atoms with Crippen molar-refractivity contribution >= 4 is 17.8 Å². The molecule has 2 rings (SSSR count). The van der Waals surface area contributed by atoms with Crippen LogP contribution in [0.1, 0.15) is 26.1 Å². The number of nitrogens with zero attached hydrogens (tertiary/aromatic N) is 4. The van der Waals surface area contributed by atoms with Crippen molar-refractivity contribution in [1.82, 2.24) is 36.2 Å². The van der Waals surface area contributed by atoms with Gasteiger partial charge in [0.1, 0.15) is 12.1 Å². The van der Waals surface area contributed by atoms with Gasteiger partial charge in [0.05, 0.1) is 6.54 Å². The first-order valence-corrected chi connectivity index (χ1v) is 6.09. The van der Waals surface area contributed by atoms with E-state index in [1.165, 1.54) is 0 Å². The Hall–Kier alpha value is -2.52. The van der Waals surface area contributed by atoms with Gasteiger partial charge >= 0.3 is 6.03 Å². The minimum atomic E-state index is -0.939. The number of carbonyl (C=O) groups excluding carboxylic acids is 3. The fraction of sp³-hybridized carbons (Fsp3) is 0.600. The standard InChI is InChI=1S/C10H15N7O3/c1-3-10(2)8(19)17(9(20)12-10)5-7(18)11-4-6-13-15-16-14-6/h3-5H2,1-2H3,(H,11,18)(H,12,20)(H,13,14,15,16). The van der Waals surface area contributed by atoms with Crippen LogP contribution >= 0.6 is 0 Å². The van der Waals surface area contributed by atoms with E-state index in [0.717, 1.165) is 4.90 Å². The largest absolute Gasteiger partial charge is 0.347 e. The van der Waals surface area contributed by atoms with Crippen molar-refractivity contribution in [2.24, 2.45) is 0 Å². The van der Waals surface area contributed by atoms with Gasteiger partial charge in [0.15, 0.2) is 5.82 Å². The molecule has 2 heterocycles. The van der Waals surface area contributed by atoms with Gasteiger partial charge in [-0.15, -0.1) is 10.2 Å². The molecule has 0 aliphatic carbocycles. The molecular weight excluding hydrogens is 266 g/mol. The van der Waals surface area contributed by atoms with Crippen molar-refractivity contribution in [3.05, 3.63) is 5.82 Å². The van der Waals surface area contributed by atoms with E-state index in [0.29, 0.717) is 12.2 Å². The van der Waals surface area contributed by atoms with Crippen LogP contribution in [0.4, 0.5) is 4.79 Å². The highest BCUT2D eigenvalue weighted by molar-refractivity contribution is 6.08. The van der Waals surface area contributed by atoms with Crippen molar-refractivity contribution < 1.29 is 14.4 Å². The number of carbonyl (C=O) groups is 3. The quantitative estimate of drug-likeness (QED) is 0.565. The van der Waals surface area contributed by atoms with Gasteiger partial charge in [-0.1, -0.05) is 12.1 Å². The number of urea groups is 1. The Morgan fingerprint density at radius 2 is 2.20 bits per heavy atom. The Labute approximate surface area is 114 Å². The summed E-state index contributed by atoms with van der Waals surface area (Å²) in [5, 5.41) is 18.0. The number of hydrogen-bond donors (Lipinski definition) is 3. The molecule has 0 aromatic carbocycles. The molecule has 1 aromatic heterocycles. The van der Waals surface area contributed by atoms with Crippen LogP contribution < -0.4 is 10.6 Å². The summed E-state index contributed by atoms with van der Waals surface area (Å²) < 4.78 is 0. The molecule has 10 nitrogen and oxygen atoms in total. The first-order chi connectivity index (χ1) is 9.46. The van der Waals surface area contributed by atoms with Crippen molar-refractivity contribution in [2.45, 2.75) is 32.4 Å². The second kappa shape index (κ2) is 5.23. The van der Waals surface area contributed by atoms with Gasteiger partial charge in [0.2, 0.25) is 5.91 Å². The van der Waals surface area contributed by atoms with Crippen molar-refractivity contribution in [2.75, 3.05) is 6.54 Å². The molecule has 1 aromatic rings. The van der Waals surface area contributed by atoms with Gasteiger partial charge in [0, 0.05) is 0 Å². The Morgan fingerprint density at radius 1 is 1.45 bits per heavy atom. The molecule has 10 heteroatoms. The second-order valence-electron chi connectivity index (χ2n) is 4.61. The zero-order chi connectivity index (χ0) is 14.8. The minimum absolute atomic E-state index is 0.0734. The van der Waals surface area contributed by atoms with E-state index in [2.05, 4.69) is 31.3 Å². The van der Waals surface area contributed by atoms with E-state index in [1.807, 2.05) is 0 Å². The molecule has 1 atom stereocenters. The van der Waals surface area contributed by atoms with Crippen LogP contribution in [0.2, 0.25) is 0 Å². The predicted molar refractivity (Wildman–Crippen MR) is 65.0 cm³/mol. The molecule has 0 bridgehead atoms. The highest BCUT2D eigenvalue weighted by Gasteiger charge is 2.46. The van der Waals surface area contributed by atoms with E-state index >= 15 is 0 Å². The predicted octanol–water partition coefficient (Wildman–Crippen LogP) is -1.46. The number of nitrogens with one attached hydrogen (secondary N) is 3. The van der Waals surface area contributed by atoms with Gasteiger partial charge in [-0.2, -0.15) is 5.21 Å². The molecule has 4 amide bonds. The Balaban J connectivity index is 1.91. The highest BCUT2D eigenvalue weighted by atomic mass is 16.2. The van der Waals surface area contributed by atoms with Gasteiger partial charge < -0.3 is 10.6 Å². The zero-order valence-corrected chi connectivity index (χ0v) is 11.1. The lowest BCUT2D eigenvalue weighted by molar-refractivity contribution is -0.134. The molecule has 1 aliphatic heterocycles. The molecular formula is C10H15N7O3. The number of amides is 4. The van der Waals surface area contributed by atoms with Gasteiger partial charge in [0.25, 0.3) is 5.91 Å². The summed E-state index contributed by atoms with van der Waals surface area (Å²) >= 11 is 0. The van der Waals surface area contributed by atoms with Crippen LogP contribution in [0, 0.1) is 0 Å². The van der Waals surface area contributed by atoms with E-state index in [1.54, 1.807) is 13.8 Å². The molecule has 0 spiro atoms. The average molecular weight is 281 g/mol. The van der Waals surface area contributed by atoms with Crippen molar-refractivity contribution in [1.29, 1.82) is 0 Å². The van der Waals surface area contributed by atoms with Crippen molar-refractivity contribution in [3.8, 4) is 0 Å². The Morgan fingerprint density at radius 3 is 2.75 bits per heavy atom. The maximum Gasteiger partial charge on any atom is 0.325 e. The molecule has 1 fully saturated rings. The summed E-state index contributed by atoms with van der Waals surface area (Å²) in [5.74, 6) is -0.563. The lowest BCUT2D eigenvalue weighted by atomic mass is 9.99. The lowest BCUT2D eigenvalue weighted by Gasteiger charge is -2.18. The van der Waals surface area contributed by atoms with E-state index in [4.69, 9.17) is 0 Å². The van der Waals surface area contributed by atoms with Crippen LogP contribution in [-0.4, -0.2) is 55.5 Å². The minimum Gasteiger partial charge on any atom is -0.347 e. The first-order valence-electron chi connectivity index (χ1n) is 6.09. The summed E-state index contributed by atoms with van der Waals surface area (Å²) in [6, 6.07) is -0.561. The molecule has 1 saturated heterocycles. The van der Waals surface area contributed by atoms with E-state index < -0.39 is 23.4 Å². The summed E-state index contributed by atoms with van der Waals surface area (Å²) in [4.78, 5) is 36.4. The molecule has 0 radical (unpaired) electrons. The third-order valence-electron chi connectivity index (χ3n) is 3.19. The fourth-order valence-corrected chi connectivity index (χ4v) is 1.76. The highest BCUT2D eigenvalue weighted by Crippen LogP contribution is 2.20. The monoisotopic (exact) mass is 281 g/mol. The number of hydrogen-bond acceptors (Lipinski definition) is 6. The third-order valence-corrected chi connectivity index (χ3v) is 3.19. The summed E-state index contributed by atoms with van der Waals surface area (Å²) in [6.45, 7) is 3.16. The van der Waals surface area contributed by atoms with Crippen LogP contribution in [0.15, 0.2) is 0 Å². The number of imide groups is 1. The molecule has 1 unspecified atom stereocenters. The van der Waals surface area contributed by atoms with Gasteiger partial charge in [-0.3, -0.25) is 14.5 Å². The summed E-state index contributed by atoms with van der Waals surface area (Å²) in [6.07, 6.45) is 0.457. The van der Waals surface area contributed by atoms with E-state index in [-0.39, 0.29) is 13.1 Å². The number of aromatic amines is 1. The topological polar surface area (TPSA) is 133 Å². The van der Waals surface area contributed by atoms with Crippen LogP contribution in [0.3, 0.4) is 0 Å². The molecule has 0 saturated carbocycles. The second-order valence-corrected chi connectivity index (χ2v) is 4.61. The number of H-pyrrole nitrogens is 1. The van der Waals surface area contributed by atoms with E-state index in [9.17, 15) is 14.4 Å².